The Morgan fingerprint density at radius 3 is 2.76 bits per heavy atom. The molecule has 1 aliphatic rings. The first kappa shape index (κ1) is 20.0. The van der Waals surface area contributed by atoms with Crippen LogP contribution in [0.25, 0.3) is 0 Å². The van der Waals surface area contributed by atoms with Gasteiger partial charge in [0.15, 0.2) is 11.0 Å². The van der Waals surface area contributed by atoms with E-state index in [9.17, 15) is 0 Å². The summed E-state index contributed by atoms with van der Waals surface area (Å²) in [5, 5.41) is 10.3. The van der Waals surface area contributed by atoms with Crippen LogP contribution in [0.5, 0.6) is 5.75 Å². The van der Waals surface area contributed by atoms with Crippen molar-refractivity contribution in [2.75, 3.05) is 0 Å². The number of hydrogen-bond acceptors (Lipinski definition) is 4. The zero-order chi connectivity index (χ0) is 20.1. The third-order valence-electron chi connectivity index (χ3n) is 5.11. The van der Waals surface area contributed by atoms with Gasteiger partial charge in [-0.15, -0.1) is 16.8 Å². The number of aryl methyl sites for hydroxylation is 2. The van der Waals surface area contributed by atoms with Crippen molar-refractivity contribution in [1.82, 2.24) is 14.8 Å². The van der Waals surface area contributed by atoms with Gasteiger partial charge in [0.2, 0.25) is 0 Å². The number of nitrogens with zero attached hydrogens (tertiary/aromatic N) is 3. The van der Waals surface area contributed by atoms with E-state index in [0.717, 1.165) is 39.5 Å². The second kappa shape index (κ2) is 9.51. The molecule has 6 heteroatoms. The van der Waals surface area contributed by atoms with Crippen LogP contribution >= 0.6 is 23.4 Å². The molecule has 0 N–H and O–H groups in total. The maximum atomic E-state index is 6.27. The molecule has 4 nitrogen and oxygen atoms in total. The summed E-state index contributed by atoms with van der Waals surface area (Å²) in [5.41, 5.74) is 3.95. The predicted octanol–water partition coefficient (Wildman–Crippen LogP) is 5.87. The molecule has 3 aromatic rings. The first-order valence-corrected chi connectivity index (χ1v) is 11.2. The molecular weight excluding hydrogens is 402 g/mol. The summed E-state index contributed by atoms with van der Waals surface area (Å²) in [7, 11) is 0. The number of rotatable bonds is 8. The van der Waals surface area contributed by atoms with Gasteiger partial charge < -0.3 is 4.74 Å². The summed E-state index contributed by atoms with van der Waals surface area (Å²) in [6.45, 7) is 4.89. The second-order valence-corrected chi connectivity index (χ2v) is 8.45. The number of thioether (sulfide) groups is 1. The number of benzene rings is 2. The van der Waals surface area contributed by atoms with Gasteiger partial charge in [-0.2, -0.15) is 0 Å². The van der Waals surface area contributed by atoms with Gasteiger partial charge in [-0.25, -0.2) is 0 Å². The van der Waals surface area contributed by atoms with Gasteiger partial charge in [0.05, 0.1) is 0 Å². The Bertz CT molecular complexity index is 1000. The van der Waals surface area contributed by atoms with Crippen molar-refractivity contribution in [2.45, 2.75) is 49.7 Å². The van der Waals surface area contributed by atoms with Gasteiger partial charge >= 0.3 is 0 Å². The average molecular weight is 426 g/mol. The van der Waals surface area contributed by atoms with Crippen LogP contribution in [0.1, 0.15) is 35.4 Å². The molecule has 150 valence electrons. The van der Waals surface area contributed by atoms with E-state index >= 15 is 0 Å². The van der Waals surface area contributed by atoms with Crippen LogP contribution in [0.15, 0.2) is 60.3 Å². The maximum Gasteiger partial charge on any atom is 0.191 e. The quantitative estimate of drug-likeness (QED) is 0.334. The van der Waals surface area contributed by atoms with Crippen molar-refractivity contribution >= 4 is 23.4 Å². The third kappa shape index (κ3) is 4.85. The number of ether oxygens (including phenoxy) is 1. The summed E-state index contributed by atoms with van der Waals surface area (Å²) in [5.74, 6) is 2.43. The molecular formula is C23H24ClN3OS. The Labute approximate surface area is 181 Å². The molecule has 0 unspecified atom stereocenters. The lowest BCUT2D eigenvalue weighted by atomic mass is 9.92. The minimum atomic E-state index is 0.381. The number of aromatic nitrogens is 3. The molecule has 0 bridgehead atoms. The molecule has 0 fully saturated rings. The van der Waals surface area contributed by atoms with Crippen molar-refractivity contribution in [2.24, 2.45) is 0 Å². The zero-order valence-corrected chi connectivity index (χ0v) is 17.9. The van der Waals surface area contributed by atoms with Crippen molar-refractivity contribution in [3.05, 3.63) is 82.7 Å². The lowest BCUT2D eigenvalue weighted by Crippen LogP contribution is -2.08. The maximum absolute atomic E-state index is 6.27. The first-order chi connectivity index (χ1) is 14.2. The number of allylic oxidation sites excluding steroid dienone is 1. The Balaban J connectivity index is 1.45. The van der Waals surface area contributed by atoms with E-state index in [0.29, 0.717) is 13.2 Å². The van der Waals surface area contributed by atoms with Gasteiger partial charge in [-0.3, -0.25) is 4.57 Å². The second-order valence-electron chi connectivity index (χ2n) is 7.10. The highest BCUT2D eigenvalue weighted by atomic mass is 35.5. The van der Waals surface area contributed by atoms with Crippen LogP contribution in [0.4, 0.5) is 0 Å². The summed E-state index contributed by atoms with van der Waals surface area (Å²) >= 11 is 7.89. The highest BCUT2D eigenvalue weighted by Gasteiger charge is 2.14. The molecule has 0 saturated carbocycles. The van der Waals surface area contributed by atoms with E-state index in [4.69, 9.17) is 16.3 Å². The fraction of sp³-hybridized carbons (Fsp3) is 0.304. The predicted molar refractivity (Wildman–Crippen MR) is 119 cm³/mol. The molecule has 0 radical (unpaired) electrons. The van der Waals surface area contributed by atoms with Crippen molar-refractivity contribution in [1.29, 1.82) is 0 Å². The van der Waals surface area contributed by atoms with E-state index in [2.05, 4.69) is 35.0 Å². The number of halogens is 1. The lowest BCUT2D eigenvalue weighted by Gasteiger charge is -2.16. The van der Waals surface area contributed by atoms with E-state index < -0.39 is 0 Å². The standard InChI is InChI=1S/C23H24ClN3OS/c1-2-13-27-22(15-28-20-12-11-17-7-3-4-8-18(17)14-20)25-26-23(27)29-16-19-9-5-6-10-21(19)24/h2,5-6,9-12,14H,1,3-4,7-8,13,15-16H2. The lowest BCUT2D eigenvalue weighted by molar-refractivity contribution is 0.288. The smallest absolute Gasteiger partial charge is 0.191 e. The molecule has 1 aromatic heterocycles. The molecule has 0 saturated heterocycles. The molecule has 4 rings (SSSR count). The van der Waals surface area contributed by atoms with E-state index in [1.165, 1.54) is 30.4 Å². The van der Waals surface area contributed by atoms with Crippen molar-refractivity contribution in [3.63, 3.8) is 0 Å². The van der Waals surface area contributed by atoms with Gasteiger partial charge in [-0.05, 0) is 60.6 Å². The van der Waals surface area contributed by atoms with Gasteiger partial charge in [0.25, 0.3) is 0 Å². The van der Waals surface area contributed by atoms with E-state index in [1.54, 1.807) is 11.8 Å². The fourth-order valence-corrected chi connectivity index (χ4v) is 4.80. The fourth-order valence-electron chi connectivity index (χ4n) is 3.55. The van der Waals surface area contributed by atoms with Crippen molar-refractivity contribution in [3.8, 4) is 5.75 Å². The summed E-state index contributed by atoms with van der Waals surface area (Å²) < 4.78 is 8.10. The van der Waals surface area contributed by atoms with Gasteiger partial charge in [0.1, 0.15) is 12.4 Å². The van der Waals surface area contributed by atoms with Crippen LogP contribution in [-0.2, 0) is 31.7 Å². The topological polar surface area (TPSA) is 39.9 Å². The number of fused-ring (bicyclic) bond motifs is 1. The molecule has 0 spiro atoms. The van der Waals surface area contributed by atoms with Gasteiger partial charge in [0, 0.05) is 17.3 Å². The van der Waals surface area contributed by atoms with Crippen LogP contribution < -0.4 is 4.74 Å². The summed E-state index contributed by atoms with van der Waals surface area (Å²) in [6, 6.07) is 14.3. The zero-order valence-electron chi connectivity index (χ0n) is 16.3. The Hall–Kier alpha value is -2.24. The summed E-state index contributed by atoms with van der Waals surface area (Å²) in [6.07, 6.45) is 6.71. The van der Waals surface area contributed by atoms with Crippen LogP contribution in [0, 0.1) is 0 Å². The van der Waals surface area contributed by atoms with Gasteiger partial charge in [-0.1, -0.05) is 53.7 Å². The summed E-state index contributed by atoms with van der Waals surface area (Å²) in [4.78, 5) is 0. The third-order valence-corrected chi connectivity index (χ3v) is 6.49. The van der Waals surface area contributed by atoms with Crippen LogP contribution in [-0.4, -0.2) is 14.8 Å². The normalized spacial score (nSPS) is 13.1. The first-order valence-electron chi connectivity index (χ1n) is 9.88. The average Bonchev–Trinajstić information content (AvgIpc) is 3.13. The molecule has 0 amide bonds. The molecule has 2 aromatic carbocycles. The number of hydrogen-bond donors (Lipinski definition) is 0. The molecule has 1 heterocycles. The van der Waals surface area contributed by atoms with Crippen molar-refractivity contribution < 1.29 is 4.74 Å². The Morgan fingerprint density at radius 1 is 1.10 bits per heavy atom. The molecule has 1 aliphatic carbocycles. The van der Waals surface area contributed by atoms with E-state index in [-0.39, 0.29) is 0 Å². The molecule has 0 atom stereocenters. The minimum absolute atomic E-state index is 0.381. The largest absolute Gasteiger partial charge is 0.486 e. The Kier molecular flexibility index (Phi) is 6.57. The monoisotopic (exact) mass is 425 g/mol. The Morgan fingerprint density at radius 2 is 1.93 bits per heavy atom. The van der Waals surface area contributed by atoms with E-state index in [1.807, 2.05) is 34.9 Å². The molecule has 0 aliphatic heterocycles. The van der Waals surface area contributed by atoms with Crippen LogP contribution in [0.3, 0.4) is 0 Å². The minimum Gasteiger partial charge on any atom is -0.486 e. The molecule has 29 heavy (non-hydrogen) atoms. The highest BCUT2D eigenvalue weighted by molar-refractivity contribution is 7.98. The highest BCUT2D eigenvalue weighted by Crippen LogP contribution is 2.28. The SMILES string of the molecule is C=CCn1c(COc2ccc3c(c2)CCCC3)nnc1SCc1ccccc1Cl. The van der Waals surface area contributed by atoms with Crippen LogP contribution in [0.2, 0.25) is 5.02 Å².